The second-order valence-electron chi connectivity index (χ2n) is 5.41. The van der Waals surface area contributed by atoms with Crippen LogP contribution in [0.15, 0.2) is 4.63 Å². The zero-order chi connectivity index (χ0) is 14.2. The van der Waals surface area contributed by atoms with Crippen molar-refractivity contribution in [2.45, 2.75) is 20.8 Å². The molecule has 1 aromatic heterocycles. The minimum atomic E-state index is -0.829. The molecule has 9 nitrogen and oxygen atoms in total. The fourth-order valence-corrected chi connectivity index (χ4v) is 1.37. The van der Waals surface area contributed by atoms with Gasteiger partial charge in [0.1, 0.15) is 5.02 Å². The second kappa shape index (κ2) is 4.56. The Morgan fingerprint density at radius 2 is 2.00 bits per heavy atom. The standard InChI is InChI=1S/C10H17N3O6/c1-10(2,3)9(16)17-6-18-13-12(19-13)11-4-7(5-11)8(14)15/h7H,4-6H2,1-3H3,(H,14,15). The van der Waals surface area contributed by atoms with Gasteiger partial charge in [0.15, 0.2) is 0 Å². The SMILES string of the molecule is CC(C)(C)C(=O)OCOn1on1N1CC(C(=O)O)C1. The number of aliphatic carboxylic acids is 1. The van der Waals surface area contributed by atoms with Crippen molar-refractivity contribution in [1.29, 1.82) is 0 Å². The Kier molecular flexibility index (Phi) is 3.21. The van der Waals surface area contributed by atoms with E-state index in [0.717, 1.165) is 5.02 Å². The van der Waals surface area contributed by atoms with E-state index in [1.165, 1.54) is 4.96 Å². The first kappa shape index (κ1) is 13.4. The first-order valence-corrected chi connectivity index (χ1v) is 5.85. The Hall–Kier alpha value is -2.06. The molecule has 1 fully saturated rings. The third-order valence-electron chi connectivity index (χ3n) is 2.68. The van der Waals surface area contributed by atoms with Crippen LogP contribution in [-0.2, 0) is 14.3 Å². The smallest absolute Gasteiger partial charge is 0.314 e. The average molecular weight is 275 g/mol. The van der Waals surface area contributed by atoms with Gasteiger partial charge in [0.05, 0.1) is 24.4 Å². The summed E-state index contributed by atoms with van der Waals surface area (Å²) in [4.78, 5) is 28.3. The molecule has 1 aromatic rings. The van der Waals surface area contributed by atoms with Crippen LogP contribution in [0.4, 0.5) is 0 Å². The summed E-state index contributed by atoms with van der Waals surface area (Å²) in [5.41, 5.74) is -0.588. The van der Waals surface area contributed by atoms with E-state index in [9.17, 15) is 9.59 Å². The van der Waals surface area contributed by atoms with Gasteiger partial charge in [-0.25, -0.2) is 0 Å². The molecule has 0 saturated carbocycles. The third-order valence-corrected chi connectivity index (χ3v) is 2.68. The topological polar surface area (TPSA) is 99.1 Å². The molecule has 0 radical (unpaired) electrons. The van der Waals surface area contributed by atoms with Crippen LogP contribution in [0.1, 0.15) is 20.8 Å². The van der Waals surface area contributed by atoms with E-state index >= 15 is 0 Å². The van der Waals surface area contributed by atoms with Crippen molar-refractivity contribution in [3.63, 3.8) is 0 Å². The van der Waals surface area contributed by atoms with Gasteiger partial charge in [-0.2, -0.15) is 4.63 Å². The van der Waals surface area contributed by atoms with Gasteiger partial charge in [-0.05, 0) is 20.8 Å². The summed E-state index contributed by atoms with van der Waals surface area (Å²) in [6.45, 7) is 5.67. The number of aromatic nitrogens is 2. The summed E-state index contributed by atoms with van der Waals surface area (Å²) in [6.07, 6.45) is 0. The van der Waals surface area contributed by atoms with Crippen LogP contribution < -0.4 is 9.85 Å². The maximum Gasteiger partial charge on any atom is 0.314 e. The maximum atomic E-state index is 11.4. The Balaban J connectivity index is 1.66. The summed E-state index contributed by atoms with van der Waals surface area (Å²) in [5, 5.41) is 11.4. The first-order chi connectivity index (χ1) is 8.79. The summed E-state index contributed by atoms with van der Waals surface area (Å²) < 4.78 is 9.78. The molecule has 1 N–H and O–H groups in total. The highest BCUT2D eigenvalue weighted by atomic mass is 17.0. The van der Waals surface area contributed by atoms with Gasteiger partial charge in [-0.15, -0.1) is 0 Å². The molecule has 2 rings (SSSR count). The minimum absolute atomic E-state index is 0.261. The molecule has 1 aliphatic rings. The number of esters is 1. The number of nitrogens with zero attached hydrogens (tertiary/aromatic N) is 3. The number of carboxylic acid groups (broad SMARTS) is 1. The predicted molar refractivity (Wildman–Crippen MR) is 60.8 cm³/mol. The number of carbonyl (C=O) groups is 2. The summed E-state index contributed by atoms with van der Waals surface area (Å²) >= 11 is 0. The van der Waals surface area contributed by atoms with Gasteiger partial charge >= 0.3 is 11.9 Å². The van der Waals surface area contributed by atoms with Gasteiger partial charge in [-0.1, -0.05) is 0 Å². The highest BCUT2D eigenvalue weighted by molar-refractivity contribution is 5.75. The van der Waals surface area contributed by atoms with Crippen molar-refractivity contribution in [3.05, 3.63) is 0 Å². The van der Waals surface area contributed by atoms with Crippen molar-refractivity contribution < 1.29 is 28.9 Å². The van der Waals surface area contributed by atoms with Crippen molar-refractivity contribution in [1.82, 2.24) is 9.98 Å². The van der Waals surface area contributed by atoms with Crippen LogP contribution >= 0.6 is 0 Å². The van der Waals surface area contributed by atoms with E-state index < -0.39 is 11.4 Å². The maximum absolute atomic E-state index is 11.4. The van der Waals surface area contributed by atoms with Gasteiger partial charge in [0.25, 0.3) is 6.79 Å². The number of carbonyl (C=O) groups excluding carboxylic acids is 1. The summed E-state index contributed by atoms with van der Waals surface area (Å²) in [7, 11) is 0. The Morgan fingerprint density at radius 1 is 1.37 bits per heavy atom. The van der Waals surface area contributed by atoms with E-state index in [0.29, 0.717) is 13.1 Å². The Labute approximate surface area is 109 Å². The van der Waals surface area contributed by atoms with Crippen molar-refractivity contribution in [2.24, 2.45) is 11.3 Å². The average Bonchev–Trinajstić information content (AvgIpc) is 2.92. The van der Waals surface area contributed by atoms with Crippen LogP contribution in [-0.4, -0.2) is 46.9 Å². The fraction of sp³-hybridized carbons (Fsp3) is 0.800. The van der Waals surface area contributed by atoms with Crippen molar-refractivity contribution in [2.75, 3.05) is 24.9 Å². The lowest BCUT2D eigenvalue weighted by molar-refractivity contribution is -0.168. The van der Waals surface area contributed by atoms with E-state index in [-0.39, 0.29) is 18.7 Å². The lowest BCUT2D eigenvalue weighted by Crippen LogP contribution is -2.55. The molecule has 0 amide bonds. The molecule has 0 aliphatic carbocycles. The second-order valence-corrected chi connectivity index (χ2v) is 5.41. The summed E-state index contributed by atoms with van der Waals surface area (Å²) in [6, 6.07) is 0. The molecule has 0 bridgehead atoms. The molecule has 108 valence electrons. The molecule has 0 spiro atoms. The number of carboxylic acids is 1. The zero-order valence-corrected chi connectivity index (χ0v) is 11.0. The zero-order valence-electron chi connectivity index (χ0n) is 11.0. The molecule has 0 atom stereocenters. The van der Waals surface area contributed by atoms with E-state index in [2.05, 4.69) is 0 Å². The molecule has 1 saturated heterocycles. The number of hydrogen-bond donors (Lipinski definition) is 1. The van der Waals surface area contributed by atoms with Crippen molar-refractivity contribution in [3.8, 4) is 0 Å². The van der Waals surface area contributed by atoms with Gasteiger partial charge < -0.3 is 14.7 Å². The van der Waals surface area contributed by atoms with Crippen LogP contribution in [0, 0.1) is 11.3 Å². The lowest BCUT2D eigenvalue weighted by atomic mass is 9.98. The largest absolute Gasteiger partial charge is 0.481 e. The third kappa shape index (κ3) is 3.04. The molecule has 1 aliphatic heterocycles. The summed E-state index contributed by atoms with van der Waals surface area (Å²) in [5.74, 6) is -1.59. The van der Waals surface area contributed by atoms with E-state index in [1.54, 1.807) is 25.8 Å². The molecule has 0 unspecified atom stereocenters. The number of hydrogen-bond acceptors (Lipinski definition) is 6. The van der Waals surface area contributed by atoms with Crippen LogP contribution in [0.25, 0.3) is 0 Å². The Morgan fingerprint density at radius 3 is 2.53 bits per heavy atom. The van der Waals surface area contributed by atoms with Crippen LogP contribution in [0.2, 0.25) is 0 Å². The van der Waals surface area contributed by atoms with Gasteiger partial charge in [0, 0.05) is 4.96 Å². The highest BCUT2D eigenvalue weighted by Gasteiger charge is 2.38. The van der Waals surface area contributed by atoms with Crippen LogP contribution in [0.5, 0.6) is 0 Å². The molecule has 9 heteroatoms. The molecule has 2 heterocycles. The van der Waals surface area contributed by atoms with Gasteiger partial charge in [0.2, 0.25) is 0 Å². The van der Waals surface area contributed by atoms with Crippen molar-refractivity contribution >= 4 is 11.9 Å². The lowest BCUT2D eigenvalue weighted by Gasteiger charge is -2.32. The molecular formula is C10H17N3O6. The number of ether oxygens (including phenoxy) is 1. The van der Waals surface area contributed by atoms with Gasteiger partial charge in [-0.3, -0.25) is 14.6 Å². The minimum Gasteiger partial charge on any atom is -0.481 e. The Bertz CT molecular complexity index is 459. The quantitative estimate of drug-likeness (QED) is 0.571. The first-order valence-electron chi connectivity index (χ1n) is 5.85. The van der Waals surface area contributed by atoms with Crippen LogP contribution in [0.3, 0.4) is 0 Å². The number of rotatable bonds is 5. The molecule has 0 aromatic carbocycles. The highest BCUT2D eigenvalue weighted by Crippen LogP contribution is 2.16. The normalized spacial score (nSPS) is 16.3. The molecular weight excluding hydrogens is 258 g/mol. The van der Waals surface area contributed by atoms with E-state index in [4.69, 9.17) is 19.3 Å². The van der Waals surface area contributed by atoms with E-state index in [1.807, 2.05) is 0 Å². The molecule has 19 heavy (non-hydrogen) atoms. The monoisotopic (exact) mass is 275 g/mol. The predicted octanol–water partition coefficient (Wildman–Crippen LogP) is -0.490. The fourth-order valence-electron chi connectivity index (χ4n) is 1.37.